The molecule has 3 heterocycles. The van der Waals surface area contributed by atoms with Gasteiger partial charge in [0.2, 0.25) is 11.8 Å². The van der Waals surface area contributed by atoms with E-state index in [0.717, 1.165) is 37.3 Å². The number of thioether (sulfide) groups is 1. The van der Waals surface area contributed by atoms with Crippen molar-refractivity contribution in [3.05, 3.63) is 23.9 Å². The number of rotatable bonds is 7. The molecule has 2 saturated heterocycles. The van der Waals surface area contributed by atoms with Gasteiger partial charge in [0.25, 0.3) is 5.91 Å². The molecule has 2 fully saturated rings. The summed E-state index contributed by atoms with van der Waals surface area (Å²) in [7, 11) is 0. The van der Waals surface area contributed by atoms with Gasteiger partial charge in [-0.15, -0.1) is 0 Å². The summed E-state index contributed by atoms with van der Waals surface area (Å²) in [6.07, 6.45) is 5.21. The van der Waals surface area contributed by atoms with E-state index in [2.05, 4.69) is 10.3 Å². The molecule has 2 aliphatic heterocycles. The van der Waals surface area contributed by atoms with Gasteiger partial charge in [-0.3, -0.25) is 9.59 Å². The molecule has 0 radical (unpaired) electrons. The molecule has 0 saturated carbocycles. The number of carbonyl (C=O) groups is 2. The molecule has 7 heteroatoms. The van der Waals surface area contributed by atoms with Crippen LogP contribution in [-0.2, 0) is 4.79 Å². The molecule has 6 nitrogen and oxygen atoms in total. The summed E-state index contributed by atoms with van der Waals surface area (Å²) in [6, 6.07) is 3.49. The van der Waals surface area contributed by atoms with Crippen molar-refractivity contribution < 1.29 is 14.3 Å². The number of nitrogens with one attached hydrogen (secondary N) is 1. The summed E-state index contributed by atoms with van der Waals surface area (Å²) in [5, 5.41) is 2.87. The smallest absolute Gasteiger partial charge is 0.252 e. The highest BCUT2D eigenvalue weighted by molar-refractivity contribution is 7.99. The first-order valence-electron chi connectivity index (χ1n) is 8.49. The maximum absolute atomic E-state index is 12.1. The van der Waals surface area contributed by atoms with Gasteiger partial charge >= 0.3 is 0 Å². The second-order valence-corrected chi connectivity index (χ2v) is 7.23. The van der Waals surface area contributed by atoms with Crippen molar-refractivity contribution in [3.8, 4) is 5.88 Å². The molecule has 24 heavy (non-hydrogen) atoms. The molecule has 1 aromatic rings. The average Bonchev–Trinajstić information content (AvgIpc) is 3.24. The normalized spacial score (nSPS) is 20.4. The van der Waals surface area contributed by atoms with Crippen LogP contribution in [0.3, 0.4) is 0 Å². The Hall–Kier alpha value is -1.76. The topological polar surface area (TPSA) is 71.5 Å². The molecule has 0 aliphatic carbocycles. The van der Waals surface area contributed by atoms with Crippen LogP contribution in [0.2, 0.25) is 0 Å². The van der Waals surface area contributed by atoms with Crippen molar-refractivity contribution in [2.24, 2.45) is 0 Å². The van der Waals surface area contributed by atoms with E-state index in [-0.39, 0.29) is 17.9 Å². The molecule has 0 aromatic carbocycles. The Morgan fingerprint density at radius 2 is 2.38 bits per heavy atom. The quantitative estimate of drug-likeness (QED) is 0.759. The van der Waals surface area contributed by atoms with Crippen LogP contribution in [0.25, 0.3) is 0 Å². The lowest BCUT2D eigenvalue weighted by atomic mass is 10.2. The minimum atomic E-state index is -0.141. The van der Waals surface area contributed by atoms with E-state index in [9.17, 15) is 9.59 Å². The van der Waals surface area contributed by atoms with Gasteiger partial charge in [-0.1, -0.05) is 0 Å². The van der Waals surface area contributed by atoms with Crippen molar-refractivity contribution in [3.63, 3.8) is 0 Å². The van der Waals surface area contributed by atoms with Crippen LogP contribution in [-0.4, -0.2) is 58.9 Å². The minimum absolute atomic E-state index is 0.141. The van der Waals surface area contributed by atoms with Crippen molar-refractivity contribution in [2.75, 3.05) is 31.1 Å². The first kappa shape index (κ1) is 17.1. The van der Waals surface area contributed by atoms with Crippen LogP contribution in [0.1, 0.15) is 36.0 Å². The van der Waals surface area contributed by atoms with E-state index in [1.165, 1.54) is 0 Å². The maximum Gasteiger partial charge on any atom is 0.252 e. The molecule has 2 aliphatic rings. The Morgan fingerprint density at radius 3 is 3.04 bits per heavy atom. The Bertz CT molecular complexity index is 573. The molecule has 1 N–H and O–H groups in total. The maximum atomic E-state index is 12.1. The van der Waals surface area contributed by atoms with Crippen molar-refractivity contribution in [1.82, 2.24) is 15.2 Å². The number of hydrogen-bond acceptors (Lipinski definition) is 5. The highest BCUT2D eigenvalue weighted by atomic mass is 32.2. The molecule has 1 aromatic heterocycles. The number of likely N-dealkylation sites (tertiary alicyclic amines) is 1. The van der Waals surface area contributed by atoms with Gasteiger partial charge in [-0.2, -0.15) is 11.8 Å². The zero-order chi connectivity index (χ0) is 16.8. The molecule has 130 valence electrons. The van der Waals surface area contributed by atoms with Crippen LogP contribution >= 0.6 is 11.8 Å². The van der Waals surface area contributed by atoms with Gasteiger partial charge < -0.3 is 15.0 Å². The fourth-order valence-electron chi connectivity index (χ4n) is 2.88. The predicted molar refractivity (Wildman–Crippen MR) is 93.4 cm³/mol. The standard InChI is InChI=1S/C17H23N3O3S/c21-16-3-1-8-20(16)9-2-7-18-17(22)13-4-5-15(19-11-13)23-14-6-10-24-12-14/h4-5,11,14H,1-3,6-10,12H2,(H,18,22). The second-order valence-electron chi connectivity index (χ2n) is 6.08. The zero-order valence-corrected chi connectivity index (χ0v) is 14.5. The van der Waals surface area contributed by atoms with Gasteiger partial charge in [0.05, 0.1) is 5.56 Å². The third-order valence-corrected chi connectivity index (χ3v) is 5.37. The van der Waals surface area contributed by atoms with Crippen LogP contribution in [0.4, 0.5) is 0 Å². The summed E-state index contributed by atoms with van der Waals surface area (Å²) < 4.78 is 5.77. The zero-order valence-electron chi connectivity index (χ0n) is 13.7. The highest BCUT2D eigenvalue weighted by Crippen LogP contribution is 2.21. The van der Waals surface area contributed by atoms with E-state index in [4.69, 9.17) is 4.74 Å². The summed E-state index contributed by atoms with van der Waals surface area (Å²) in [5.41, 5.74) is 0.528. The summed E-state index contributed by atoms with van der Waals surface area (Å²) >= 11 is 1.89. The lowest BCUT2D eigenvalue weighted by molar-refractivity contribution is -0.127. The van der Waals surface area contributed by atoms with E-state index >= 15 is 0 Å². The second kappa shape index (κ2) is 8.37. The van der Waals surface area contributed by atoms with Crippen molar-refractivity contribution >= 4 is 23.6 Å². The third kappa shape index (κ3) is 4.63. The third-order valence-electron chi connectivity index (χ3n) is 4.24. The molecule has 1 unspecified atom stereocenters. The van der Waals surface area contributed by atoms with Crippen LogP contribution < -0.4 is 10.1 Å². The molecule has 0 spiro atoms. The van der Waals surface area contributed by atoms with E-state index in [1.807, 2.05) is 16.7 Å². The average molecular weight is 349 g/mol. The van der Waals surface area contributed by atoms with Gasteiger partial charge in [0, 0.05) is 44.1 Å². The van der Waals surface area contributed by atoms with Crippen molar-refractivity contribution in [2.45, 2.75) is 31.8 Å². The number of amides is 2. The van der Waals surface area contributed by atoms with Crippen LogP contribution in [0, 0.1) is 0 Å². The number of aromatic nitrogens is 1. The lowest BCUT2D eigenvalue weighted by Gasteiger charge is -2.15. The van der Waals surface area contributed by atoms with Gasteiger partial charge in [-0.25, -0.2) is 4.98 Å². The Kier molecular flexibility index (Phi) is 5.96. The van der Waals surface area contributed by atoms with Crippen LogP contribution in [0.5, 0.6) is 5.88 Å². The fraction of sp³-hybridized carbons (Fsp3) is 0.588. The van der Waals surface area contributed by atoms with Gasteiger partial charge in [-0.05, 0) is 31.1 Å². The first-order chi connectivity index (χ1) is 11.7. The number of hydrogen-bond donors (Lipinski definition) is 1. The molecule has 0 bridgehead atoms. The SMILES string of the molecule is O=C(NCCCN1CCCC1=O)c1ccc(OC2CCSC2)nc1. The summed E-state index contributed by atoms with van der Waals surface area (Å²) in [4.78, 5) is 29.7. The molecular weight excluding hydrogens is 326 g/mol. The number of carbonyl (C=O) groups excluding carboxylic acids is 2. The fourth-order valence-corrected chi connectivity index (χ4v) is 3.97. The largest absolute Gasteiger partial charge is 0.473 e. The minimum Gasteiger partial charge on any atom is -0.473 e. The molecule has 1 atom stereocenters. The predicted octanol–water partition coefficient (Wildman–Crippen LogP) is 1.71. The van der Waals surface area contributed by atoms with Gasteiger partial charge in [0.15, 0.2) is 0 Å². The Morgan fingerprint density at radius 1 is 1.46 bits per heavy atom. The highest BCUT2D eigenvalue weighted by Gasteiger charge is 2.19. The first-order valence-corrected chi connectivity index (χ1v) is 9.64. The molecule has 2 amide bonds. The summed E-state index contributed by atoms with van der Waals surface area (Å²) in [5.74, 6) is 2.80. The van der Waals surface area contributed by atoms with E-state index in [0.29, 0.717) is 31.0 Å². The Balaban J connectivity index is 1.39. The monoisotopic (exact) mass is 349 g/mol. The summed E-state index contributed by atoms with van der Waals surface area (Å²) in [6.45, 7) is 2.11. The van der Waals surface area contributed by atoms with E-state index in [1.54, 1.807) is 18.3 Å². The number of ether oxygens (including phenoxy) is 1. The van der Waals surface area contributed by atoms with Gasteiger partial charge in [0.1, 0.15) is 6.10 Å². The number of pyridine rings is 1. The van der Waals surface area contributed by atoms with E-state index < -0.39 is 0 Å². The number of nitrogens with zero attached hydrogens (tertiary/aromatic N) is 2. The Labute approximate surface area is 146 Å². The molecule has 3 rings (SSSR count). The van der Waals surface area contributed by atoms with Crippen LogP contribution in [0.15, 0.2) is 18.3 Å². The lowest BCUT2D eigenvalue weighted by Crippen LogP contribution is -2.30. The van der Waals surface area contributed by atoms with Crippen molar-refractivity contribution in [1.29, 1.82) is 0 Å². The molecular formula is C17H23N3O3S.